The molecule has 1 aromatic heterocycles. The molecular formula is C14H13ClF2N2O. The summed E-state index contributed by atoms with van der Waals surface area (Å²) >= 11 is 5.93. The molecule has 0 unspecified atom stereocenters. The average molecular weight is 299 g/mol. The fourth-order valence-corrected chi connectivity index (χ4v) is 2.14. The Balaban J connectivity index is 2.64. The zero-order valence-electron chi connectivity index (χ0n) is 11.2. The van der Waals surface area contributed by atoms with Gasteiger partial charge in [-0.25, -0.2) is 8.78 Å². The van der Waals surface area contributed by atoms with Gasteiger partial charge in [-0.15, -0.1) is 0 Å². The van der Waals surface area contributed by atoms with E-state index in [0.717, 1.165) is 6.07 Å². The molecule has 106 valence electrons. The van der Waals surface area contributed by atoms with Gasteiger partial charge in [0.15, 0.2) is 0 Å². The van der Waals surface area contributed by atoms with Crippen LogP contribution < -0.4 is 0 Å². The van der Waals surface area contributed by atoms with Crippen LogP contribution in [0.5, 0.6) is 0 Å². The Hall–Kier alpha value is -1.75. The Morgan fingerprint density at radius 2 is 2.00 bits per heavy atom. The topological polar surface area (TPSA) is 34.9 Å². The number of ketones is 1. The van der Waals surface area contributed by atoms with Crippen molar-refractivity contribution in [3.63, 3.8) is 0 Å². The van der Waals surface area contributed by atoms with Gasteiger partial charge in [0.2, 0.25) is 5.78 Å². The fraction of sp³-hybridized carbons (Fsp3) is 0.286. The second-order valence-electron chi connectivity index (χ2n) is 4.76. The number of carbonyl (C=O) groups excluding carboxylic acids is 1. The van der Waals surface area contributed by atoms with E-state index >= 15 is 0 Å². The maximum absolute atomic E-state index is 14.0. The third-order valence-corrected chi connectivity index (χ3v) is 3.24. The molecule has 1 heterocycles. The first-order chi connectivity index (χ1) is 9.34. The number of hydrogen-bond acceptors (Lipinski definition) is 2. The predicted molar refractivity (Wildman–Crippen MR) is 72.1 cm³/mol. The lowest BCUT2D eigenvalue weighted by atomic mass is 10.0. The Labute approximate surface area is 120 Å². The first kappa shape index (κ1) is 14.7. The molecule has 1 aromatic carbocycles. The van der Waals surface area contributed by atoms with Gasteiger partial charge >= 0.3 is 0 Å². The maximum atomic E-state index is 14.0. The van der Waals surface area contributed by atoms with Gasteiger partial charge in [0.1, 0.15) is 17.3 Å². The van der Waals surface area contributed by atoms with Crippen LogP contribution in [0.2, 0.25) is 5.02 Å². The van der Waals surface area contributed by atoms with Crippen molar-refractivity contribution in [1.29, 1.82) is 0 Å². The molecule has 6 heteroatoms. The van der Waals surface area contributed by atoms with Crippen molar-refractivity contribution in [3.8, 4) is 0 Å². The van der Waals surface area contributed by atoms with E-state index in [2.05, 4.69) is 5.10 Å². The van der Waals surface area contributed by atoms with E-state index in [9.17, 15) is 13.6 Å². The van der Waals surface area contributed by atoms with E-state index in [1.165, 1.54) is 23.9 Å². The molecule has 0 aliphatic heterocycles. The van der Waals surface area contributed by atoms with Gasteiger partial charge in [0.05, 0.1) is 16.8 Å². The Bertz CT molecular complexity index is 680. The minimum atomic E-state index is -0.911. The number of hydrogen-bond donors (Lipinski definition) is 0. The molecule has 0 aliphatic carbocycles. The molecule has 0 aliphatic rings. The lowest BCUT2D eigenvalue weighted by Gasteiger charge is -2.12. The summed E-state index contributed by atoms with van der Waals surface area (Å²) in [5.41, 5.74) is -0.416. The molecule has 0 fully saturated rings. The van der Waals surface area contributed by atoms with Crippen molar-refractivity contribution in [2.45, 2.75) is 26.8 Å². The van der Waals surface area contributed by atoms with Crippen LogP contribution in [0.15, 0.2) is 18.3 Å². The Kier molecular flexibility index (Phi) is 3.90. The molecule has 0 spiro atoms. The summed E-state index contributed by atoms with van der Waals surface area (Å²) in [6, 6.07) is 2.19. The molecule has 0 amide bonds. The van der Waals surface area contributed by atoms with E-state index in [4.69, 9.17) is 11.6 Å². The summed E-state index contributed by atoms with van der Waals surface area (Å²) in [7, 11) is 0. The van der Waals surface area contributed by atoms with Crippen LogP contribution in [0.25, 0.3) is 0 Å². The van der Waals surface area contributed by atoms with Gasteiger partial charge in [0, 0.05) is 6.04 Å². The molecule has 20 heavy (non-hydrogen) atoms. The minimum Gasteiger partial charge on any atom is -0.287 e. The molecule has 2 aromatic rings. The molecular weight excluding hydrogens is 286 g/mol. The van der Waals surface area contributed by atoms with Crippen LogP contribution >= 0.6 is 11.6 Å². The van der Waals surface area contributed by atoms with Crippen molar-refractivity contribution in [3.05, 3.63) is 51.8 Å². The number of halogens is 3. The number of aryl methyl sites for hydroxylation is 1. The number of benzene rings is 1. The monoisotopic (exact) mass is 298 g/mol. The molecule has 0 N–H and O–H groups in total. The molecule has 0 saturated carbocycles. The highest BCUT2D eigenvalue weighted by atomic mass is 35.5. The van der Waals surface area contributed by atoms with Gasteiger partial charge in [-0.1, -0.05) is 17.7 Å². The van der Waals surface area contributed by atoms with Crippen LogP contribution in [0.1, 0.15) is 41.5 Å². The third-order valence-electron chi connectivity index (χ3n) is 2.97. The van der Waals surface area contributed by atoms with Crippen LogP contribution in [0.3, 0.4) is 0 Å². The highest BCUT2D eigenvalue weighted by Crippen LogP contribution is 2.25. The SMILES string of the molecule is Cc1ccc(F)c(C(=O)c2c(Cl)cnn2C(C)C)c1F. The van der Waals surface area contributed by atoms with Crippen molar-refractivity contribution >= 4 is 17.4 Å². The average Bonchev–Trinajstić information content (AvgIpc) is 2.76. The fourth-order valence-electron chi connectivity index (χ4n) is 1.93. The van der Waals surface area contributed by atoms with Crippen LogP contribution in [-0.2, 0) is 0 Å². The highest BCUT2D eigenvalue weighted by Gasteiger charge is 2.26. The Morgan fingerprint density at radius 3 is 2.60 bits per heavy atom. The third kappa shape index (κ3) is 2.33. The normalized spacial score (nSPS) is 11.2. The van der Waals surface area contributed by atoms with Crippen LogP contribution in [-0.4, -0.2) is 15.6 Å². The molecule has 0 radical (unpaired) electrons. The van der Waals surface area contributed by atoms with Gasteiger partial charge in [0.25, 0.3) is 0 Å². The number of nitrogens with zero attached hydrogens (tertiary/aromatic N) is 2. The Morgan fingerprint density at radius 1 is 1.35 bits per heavy atom. The number of carbonyl (C=O) groups is 1. The first-order valence-corrected chi connectivity index (χ1v) is 6.44. The molecule has 2 rings (SSSR count). The first-order valence-electron chi connectivity index (χ1n) is 6.07. The van der Waals surface area contributed by atoms with Crippen molar-refractivity contribution in [1.82, 2.24) is 9.78 Å². The van der Waals surface area contributed by atoms with Gasteiger partial charge in [-0.3, -0.25) is 9.48 Å². The van der Waals surface area contributed by atoms with E-state index in [0.29, 0.717) is 0 Å². The van der Waals surface area contributed by atoms with Gasteiger partial charge < -0.3 is 0 Å². The molecule has 3 nitrogen and oxygen atoms in total. The minimum absolute atomic E-state index is 0.00920. The largest absolute Gasteiger partial charge is 0.287 e. The smallest absolute Gasteiger partial charge is 0.218 e. The summed E-state index contributed by atoms with van der Waals surface area (Å²) in [6.45, 7) is 5.05. The van der Waals surface area contributed by atoms with Gasteiger partial charge in [-0.2, -0.15) is 5.10 Å². The lowest BCUT2D eigenvalue weighted by Crippen LogP contribution is -2.16. The summed E-state index contributed by atoms with van der Waals surface area (Å²) in [5.74, 6) is -2.59. The molecule has 0 bridgehead atoms. The number of aromatic nitrogens is 2. The van der Waals surface area contributed by atoms with Crippen LogP contribution in [0.4, 0.5) is 8.78 Å². The molecule has 0 saturated heterocycles. The van der Waals surface area contributed by atoms with E-state index in [-0.39, 0.29) is 22.3 Å². The van der Waals surface area contributed by atoms with Crippen molar-refractivity contribution < 1.29 is 13.6 Å². The second-order valence-corrected chi connectivity index (χ2v) is 5.17. The van der Waals surface area contributed by atoms with Crippen molar-refractivity contribution in [2.75, 3.05) is 0 Å². The van der Waals surface area contributed by atoms with Crippen molar-refractivity contribution in [2.24, 2.45) is 0 Å². The standard InChI is InChI=1S/C14H13ClF2N2O/c1-7(2)19-13(9(15)6-18-19)14(20)11-10(16)5-4-8(3)12(11)17/h4-7H,1-3H3. The summed E-state index contributed by atoms with van der Waals surface area (Å²) < 4.78 is 29.2. The summed E-state index contributed by atoms with van der Waals surface area (Å²) in [4.78, 5) is 12.4. The second kappa shape index (κ2) is 5.32. The molecule has 0 atom stereocenters. The summed E-state index contributed by atoms with van der Waals surface area (Å²) in [6.07, 6.45) is 1.29. The highest BCUT2D eigenvalue weighted by molar-refractivity contribution is 6.34. The number of rotatable bonds is 3. The zero-order chi connectivity index (χ0) is 15.0. The quantitative estimate of drug-likeness (QED) is 0.805. The van der Waals surface area contributed by atoms with E-state index in [1.54, 1.807) is 13.8 Å². The lowest BCUT2D eigenvalue weighted by molar-refractivity contribution is 0.101. The zero-order valence-corrected chi connectivity index (χ0v) is 12.0. The van der Waals surface area contributed by atoms with E-state index in [1.807, 2.05) is 0 Å². The predicted octanol–water partition coefficient (Wildman–Crippen LogP) is 3.94. The maximum Gasteiger partial charge on any atom is 0.218 e. The van der Waals surface area contributed by atoms with Crippen LogP contribution in [0, 0.1) is 18.6 Å². The van der Waals surface area contributed by atoms with E-state index < -0.39 is 23.0 Å². The van der Waals surface area contributed by atoms with Gasteiger partial charge in [-0.05, 0) is 32.4 Å². The summed E-state index contributed by atoms with van der Waals surface area (Å²) in [5, 5.41) is 4.04.